The van der Waals surface area contributed by atoms with E-state index in [1.807, 2.05) is 0 Å². The third kappa shape index (κ3) is 7.71. The topological polar surface area (TPSA) is 130 Å². The number of hydrogen-bond donors (Lipinski definition) is 2. The highest BCUT2D eigenvalue weighted by Crippen LogP contribution is 2.33. The minimum absolute atomic E-state index is 0.202. The van der Waals surface area contributed by atoms with E-state index < -0.39 is 65.6 Å². The third-order valence-corrected chi connectivity index (χ3v) is 7.68. The van der Waals surface area contributed by atoms with E-state index in [2.05, 4.69) is 10.3 Å². The van der Waals surface area contributed by atoms with Gasteiger partial charge in [-0.25, -0.2) is 9.18 Å². The summed E-state index contributed by atoms with van der Waals surface area (Å²) < 4.78 is 30.2. The Morgan fingerprint density at radius 1 is 1.24 bits per heavy atom. The molecule has 2 aromatic rings. The molecule has 1 saturated heterocycles. The molecule has 0 spiro atoms. The number of hydrogen-bond acceptors (Lipinski definition) is 7. The predicted octanol–water partition coefficient (Wildman–Crippen LogP) is 3.81. The second kappa shape index (κ2) is 13.3. The summed E-state index contributed by atoms with van der Waals surface area (Å²) in [5, 5.41) is 3.70. The van der Waals surface area contributed by atoms with Crippen LogP contribution >= 0.6 is 11.6 Å². The molecule has 11 nitrogen and oxygen atoms in total. The molecule has 5 atom stereocenters. The van der Waals surface area contributed by atoms with E-state index in [9.17, 15) is 23.6 Å². The van der Waals surface area contributed by atoms with E-state index in [0.29, 0.717) is 22.9 Å². The summed E-state index contributed by atoms with van der Waals surface area (Å²) in [6, 6.07) is 1.53. The Kier molecular flexibility index (Phi) is 10.5. The largest absolute Gasteiger partial charge is 0.460 e. The molecule has 0 aliphatic carbocycles. The van der Waals surface area contributed by atoms with Gasteiger partial charge < -0.3 is 29.4 Å². The van der Waals surface area contributed by atoms with E-state index in [4.69, 9.17) is 25.8 Å². The van der Waals surface area contributed by atoms with E-state index >= 15 is 0 Å². The molecule has 1 aromatic carbocycles. The van der Waals surface area contributed by atoms with Gasteiger partial charge in [0.15, 0.2) is 0 Å². The van der Waals surface area contributed by atoms with Crippen LogP contribution in [0, 0.1) is 5.82 Å². The van der Waals surface area contributed by atoms with Gasteiger partial charge in [0, 0.05) is 51.4 Å². The Labute approximate surface area is 250 Å². The zero-order chi connectivity index (χ0) is 31.5. The summed E-state index contributed by atoms with van der Waals surface area (Å²) in [6.45, 7) is 9.86. The molecule has 1 aliphatic rings. The minimum atomic E-state index is -1.12. The fourth-order valence-corrected chi connectivity index (χ4v) is 5.21. The molecule has 2 heterocycles. The molecule has 3 rings (SSSR count). The van der Waals surface area contributed by atoms with Crippen LogP contribution in [0.15, 0.2) is 18.2 Å². The Balaban J connectivity index is 1.88. The molecule has 2 N–H and O–H groups in total. The van der Waals surface area contributed by atoms with Crippen molar-refractivity contribution in [2.24, 2.45) is 0 Å². The van der Waals surface area contributed by atoms with Crippen LogP contribution in [0.5, 0.6) is 0 Å². The maximum atomic E-state index is 14.1. The summed E-state index contributed by atoms with van der Waals surface area (Å²) in [4.78, 5) is 57.4. The fraction of sp³-hybridized carbons (Fsp3) is 0.586. The van der Waals surface area contributed by atoms with Crippen LogP contribution in [0.1, 0.15) is 53.5 Å². The highest BCUT2D eigenvalue weighted by molar-refractivity contribution is 6.31. The lowest BCUT2D eigenvalue weighted by Crippen LogP contribution is -2.59. The molecule has 0 bridgehead atoms. The maximum absolute atomic E-state index is 14.1. The Morgan fingerprint density at radius 3 is 2.50 bits per heavy atom. The first-order valence-corrected chi connectivity index (χ1v) is 14.1. The van der Waals surface area contributed by atoms with Crippen molar-refractivity contribution in [1.29, 1.82) is 0 Å². The van der Waals surface area contributed by atoms with Crippen LogP contribution in [0.25, 0.3) is 10.9 Å². The standard InChI is InChI=1S/C29H40ClFN4O7/c1-15(34(7)28(39)42-29(4,5)6)26(37)33-24(16(2)40-8)27(38)35-12-11-23(41-17(3)36)22(35)14-20-19-10-9-18(31)13-21(19)32-25(20)30/h9-10,13,15-16,22-24,32H,11-12,14H2,1-8H3,(H,33,37)/t15-,16+,22+,23-,24-/m0/s1. The molecule has 0 radical (unpaired) electrons. The lowest BCUT2D eigenvalue weighted by molar-refractivity contribution is -0.150. The second-order valence-corrected chi connectivity index (χ2v) is 11.9. The number of likely N-dealkylation sites (N-methyl/N-ethyl adjacent to an activating group) is 1. The summed E-state index contributed by atoms with van der Waals surface area (Å²) in [5.41, 5.74) is 0.382. The van der Waals surface area contributed by atoms with Crippen molar-refractivity contribution < 1.29 is 37.8 Å². The number of amides is 3. The summed E-state index contributed by atoms with van der Waals surface area (Å²) in [6.07, 6.45) is -1.50. The summed E-state index contributed by atoms with van der Waals surface area (Å²) in [7, 11) is 2.85. The number of benzene rings is 1. The van der Waals surface area contributed by atoms with Gasteiger partial charge in [0.2, 0.25) is 11.8 Å². The molecule has 0 unspecified atom stereocenters. The molecule has 1 fully saturated rings. The first-order chi connectivity index (χ1) is 19.5. The number of carbonyl (C=O) groups is 4. The number of aromatic nitrogens is 1. The van der Waals surface area contributed by atoms with Gasteiger partial charge in [0.25, 0.3) is 0 Å². The van der Waals surface area contributed by atoms with Gasteiger partial charge in [-0.3, -0.25) is 19.3 Å². The van der Waals surface area contributed by atoms with Crippen molar-refractivity contribution in [3.8, 4) is 0 Å². The lowest BCUT2D eigenvalue weighted by atomic mass is 10.00. The zero-order valence-corrected chi connectivity index (χ0v) is 26.0. The predicted molar refractivity (Wildman–Crippen MR) is 155 cm³/mol. The summed E-state index contributed by atoms with van der Waals surface area (Å²) in [5.74, 6) is -1.97. The number of nitrogens with zero attached hydrogens (tertiary/aromatic N) is 2. The summed E-state index contributed by atoms with van der Waals surface area (Å²) >= 11 is 6.50. The fourth-order valence-electron chi connectivity index (χ4n) is 4.93. The van der Waals surface area contributed by atoms with Crippen LogP contribution in [-0.2, 0) is 35.0 Å². The first kappa shape index (κ1) is 33.1. The van der Waals surface area contributed by atoms with E-state index in [-0.39, 0.29) is 18.1 Å². The quantitative estimate of drug-likeness (QED) is 0.413. The molecular weight excluding hydrogens is 571 g/mol. The average molecular weight is 611 g/mol. The number of H-pyrrole nitrogens is 1. The molecular formula is C29H40ClFN4O7. The molecule has 1 aromatic heterocycles. The number of methoxy groups -OCH3 is 1. The van der Waals surface area contributed by atoms with Gasteiger partial charge in [0.1, 0.15) is 34.8 Å². The molecule has 3 amide bonds. The number of rotatable bonds is 9. The average Bonchev–Trinajstić information content (AvgIpc) is 3.43. The van der Waals surface area contributed by atoms with Crippen molar-refractivity contribution in [2.45, 2.75) is 90.3 Å². The van der Waals surface area contributed by atoms with Crippen molar-refractivity contribution in [1.82, 2.24) is 20.1 Å². The van der Waals surface area contributed by atoms with Crippen LogP contribution < -0.4 is 5.32 Å². The number of fused-ring (bicyclic) bond motifs is 1. The van der Waals surface area contributed by atoms with Crippen molar-refractivity contribution in [3.05, 3.63) is 34.7 Å². The molecule has 0 saturated carbocycles. The van der Waals surface area contributed by atoms with Gasteiger partial charge >= 0.3 is 12.1 Å². The van der Waals surface area contributed by atoms with Gasteiger partial charge in [-0.2, -0.15) is 0 Å². The first-order valence-electron chi connectivity index (χ1n) is 13.8. The van der Waals surface area contributed by atoms with Crippen LogP contribution in [-0.4, -0.2) is 95.3 Å². The molecule has 232 valence electrons. The van der Waals surface area contributed by atoms with Crippen molar-refractivity contribution in [3.63, 3.8) is 0 Å². The molecule has 42 heavy (non-hydrogen) atoms. The van der Waals surface area contributed by atoms with E-state index in [1.165, 1.54) is 40.1 Å². The number of aromatic amines is 1. The van der Waals surface area contributed by atoms with Crippen LogP contribution in [0.4, 0.5) is 9.18 Å². The Bertz CT molecular complexity index is 1330. The van der Waals surface area contributed by atoms with Crippen molar-refractivity contribution in [2.75, 3.05) is 20.7 Å². The van der Waals surface area contributed by atoms with Gasteiger partial charge in [-0.1, -0.05) is 11.6 Å². The molecule has 13 heteroatoms. The number of ether oxygens (including phenoxy) is 3. The second-order valence-electron chi connectivity index (χ2n) is 11.5. The van der Waals surface area contributed by atoms with Gasteiger partial charge in [-0.15, -0.1) is 0 Å². The highest BCUT2D eigenvalue weighted by Gasteiger charge is 2.44. The lowest BCUT2D eigenvalue weighted by Gasteiger charge is -2.34. The Hall–Kier alpha value is -3.38. The minimum Gasteiger partial charge on any atom is -0.460 e. The van der Waals surface area contributed by atoms with Gasteiger partial charge in [-0.05, 0) is 58.4 Å². The maximum Gasteiger partial charge on any atom is 0.410 e. The smallest absolute Gasteiger partial charge is 0.410 e. The van der Waals surface area contributed by atoms with Crippen molar-refractivity contribution >= 4 is 46.4 Å². The van der Waals surface area contributed by atoms with Crippen LogP contribution in [0.2, 0.25) is 5.15 Å². The van der Waals surface area contributed by atoms with Gasteiger partial charge in [0.05, 0.1) is 12.1 Å². The van der Waals surface area contributed by atoms with E-state index in [0.717, 1.165) is 4.90 Å². The number of nitrogens with one attached hydrogen (secondary N) is 2. The number of esters is 1. The van der Waals surface area contributed by atoms with E-state index in [1.54, 1.807) is 38.7 Å². The number of carbonyl (C=O) groups excluding carboxylic acids is 4. The number of halogens is 2. The number of likely N-dealkylation sites (tertiary alicyclic amines) is 1. The normalized spacial score (nSPS) is 19.2. The SMILES string of the molecule is CO[C@H](C)[C@H](NC(=O)[C@H](C)N(C)C(=O)OC(C)(C)C)C(=O)N1CC[C@H](OC(C)=O)[C@H]1Cc1c(Cl)[nH]c2cc(F)ccc12. The highest BCUT2D eigenvalue weighted by atomic mass is 35.5. The third-order valence-electron chi connectivity index (χ3n) is 7.36. The Morgan fingerprint density at radius 2 is 1.90 bits per heavy atom. The monoisotopic (exact) mass is 610 g/mol. The zero-order valence-electron chi connectivity index (χ0n) is 25.2. The molecule has 1 aliphatic heterocycles. The van der Waals surface area contributed by atoms with Crippen LogP contribution in [0.3, 0.4) is 0 Å².